The Morgan fingerprint density at radius 3 is 2.90 bits per heavy atom. The molecule has 1 aromatic rings. The first-order valence-corrected chi connectivity index (χ1v) is 7.58. The van der Waals surface area contributed by atoms with Gasteiger partial charge >= 0.3 is 0 Å². The molecule has 1 saturated heterocycles. The van der Waals surface area contributed by atoms with Crippen molar-refractivity contribution >= 4 is 28.7 Å². The molecule has 2 aliphatic heterocycles. The van der Waals surface area contributed by atoms with Crippen LogP contribution in [0.3, 0.4) is 0 Å². The summed E-state index contributed by atoms with van der Waals surface area (Å²) in [5, 5.41) is 3.58. The lowest BCUT2D eigenvalue weighted by atomic mass is 10.1. The summed E-state index contributed by atoms with van der Waals surface area (Å²) in [7, 11) is 0. The molecule has 20 heavy (non-hydrogen) atoms. The number of hydrogen-bond donors (Lipinski definition) is 1. The number of amides is 2. The molecule has 2 heterocycles. The van der Waals surface area contributed by atoms with Gasteiger partial charge in [0.05, 0.1) is 0 Å². The lowest BCUT2D eigenvalue weighted by Crippen LogP contribution is -2.54. The second-order valence-corrected chi connectivity index (χ2v) is 5.76. The summed E-state index contributed by atoms with van der Waals surface area (Å²) >= 11 is 1.46. The number of nitrogens with one attached hydrogen (secondary N) is 1. The highest BCUT2D eigenvalue weighted by atomic mass is 32.2. The number of carbonyl (C=O) groups excluding carboxylic acids is 2. The number of hydrogen-bond acceptors (Lipinski definition) is 4. The zero-order valence-electron chi connectivity index (χ0n) is 10.9. The Hall–Kier alpha value is -1.66. The van der Waals surface area contributed by atoms with Crippen LogP contribution < -0.4 is 5.32 Å². The largest absolute Gasteiger partial charge is 0.298 e. The normalized spacial score (nSPS) is 21.9. The third kappa shape index (κ3) is 2.62. The molecule has 1 atom stereocenters. The van der Waals surface area contributed by atoms with Crippen molar-refractivity contribution in [2.75, 3.05) is 18.8 Å². The van der Waals surface area contributed by atoms with Gasteiger partial charge in [0.15, 0.2) is 11.2 Å². The standard InChI is InChI=1S/C14H15N3O2S/c18-12-11(13(19)17-8-9-20-14(17)16-12)15-7-6-10-4-2-1-3-5-10/h1-5,11,15H,6-9H2. The highest BCUT2D eigenvalue weighted by Crippen LogP contribution is 2.22. The Labute approximate surface area is 121 Å². The average Bonchev–Trinajstić information content (AvgIpc) is 2.92. The van der Waals surface area contributed by atoms with Gasteiger partial charge in [0.1, 0.15) is 0 Å². The fourth-order valence-electron chi connectivity index (χ4n) is 2.30. The number of benzene rings is 1. The van der Waals surface area contributed by atoms with Crippen LogP contribution in [0.5, 0.6) is 0 Å². The van der Waals surface area contributed by atoms with E-state index >= 15 is 0 Å². The quantitative estimate of drug-likeness (QED) is 0.827. The van der Waals surface area contributed by atoms with Crippen LogP contribution in [-0.2, 0) is 16.0 Å². The van der Waals surface area contributed by atoms with Crippen LogP contribution in [0.2, 0.25) is 0 Å². The fraction of sp³-hybridized carbons (Fsp3) is 0.357. The maximum atomic E-state index is 12.2. The van der Waals surface area contributed by atoms with Crippen molar-refractivity contribution in [1.82, 2.24) is 10.2 Å². The summed E-state index contributed by atoms with van der Waals surface area (Å²) < 4.78 is 0. The maximum Gasteiger partial charge on any atom is 0.274 e. The summed E-state index contributed by atoms with van der Waals surface area (Å²) in [5.41, 5.74) is 1.18. The highest BCUT2D eigenvalue weighted by molar-refractivity contribution is 8.14. The zero-order chi connectivity index (χ0) is 13.9. The Morgan fingerprint density at radius 2 is 2.10 bits per heavy atom. The van der Waals surface area contributed by atoms with E-state index in [2.05, 4.69) is 10.3 Å². The molecule has 6 heteroatoms. The molecule has 2 amide bonds. The minimum atomic E-state index is -0.818. The molecule has 0 aromatic heterocycles. The maximum absolute atomic E-state index is 12.2. The van der Waals surface area contributed by atoms with E-state index in [1.165, 1.54) is 17.3 Å². The summed E-state index contributed by atoms with van der Waals surface area (Å²) in [6, 6.07) is 9.15. The van der Waals surface area contributed by atoms with E-state index < -0.39 is 6.04 Å². The van der Waals surface area contributed by atoms with Crippen molar-refractivity contribution in [2.45, 2.75) is 12.5 Å². The first kappa shape index (κ1) is 13.3. The van der Waals surface area contributed by atoms with Crippen molar-refractivity contribution in [1.29, 1.82) is 0 Å². The van der Waals surface area contributed by atoms with Gasteiger partial charge in [-0.25, -0.2) is 0 Å². The fourth-order valence-corrected chi connectivity index (χ4v) is 3.25. The van der Waals surface area contributed by atoms with E-state index in [1.54, 1.807) is 4.90 Å². The van der Waals surface area contributed by atoms with E-state index in [-0.39, 0.29) is 11.8 Å². The molecule has 1 fully saturated rings. The first-order chi connectivity index (χ1) is 9.75. The number of thioether (sulfide) groups is 1. The molecule has 3 rings (SSSR count). The van der Waals surface area contributed by atoms with Gasteiger partial charge in [-0.05, 0) is 12.0 Å². The van der Waals surface area contributed by atoms with Crippen molar-refractivity contribution in [3.05, 3.63) is 35.9 Å². The van der Waals surface area contributed by atoms with Gasteiger partial charge in [-0.2, -0.15) is 4.99 Å². The zero-order valence-corrected chi connectivity index (χ0v) is 11.7. The molecule has 0 aliphatic carbocycles. The topological polar surface area (TPSA) is 61.8 Å². The predicted octanol–water partition coefficient (Wildman–Crippen LogP) is 0.659. The van der Waals surface area contributed by atoms with Gasteiger partial charge in [0.2, 0.25) is 0 Å². The number of carbonyl (C=O) groups is 2. The monoisotopic (exact) mass is 289 g/mol. The van der Waals surface area contributed by atoms with Crippen LogP contribution in [0.4, 0.5) is 0 Å². The molecule has 104 valence electrons. The van der Waals surface area contributed by atoms with Crippen LogP contribution in [0.1, 0.15) is 5.56 Å². The molecule has 1 aromatic carbocycles. The number of aliphatic imine (C=N–C) groups is 1. The molecule has 1 N–H and O–H groups in total. The summed E-state index contributed by atoms with van der Waals surface area (Å²) in [6.07, 6.45) is 0.781. The Kier molecular flexibility index (Phi) is 3.84. The van der Waals surface area contributed by atoms with Crippen LogP contribution >= 0.6 is 11.8 Å². The molecule has 0 saturated carbocycles. The van der Waals surface area contributed by atoms with Gasteiger partial charge < -0.3 is 0 Å². The number of amidine groups is 1. The molecular formula is C14H15N3O2S. The first-order valence-electron chi connectivity index (χ1n) is 6.60. The Morgan fingerprint density at radius 1 is 1.30 bits per heavy atom. The Balaban J connectivity index is 1.60. The van der Waals surface area contributed by atoms with Crippen molar-refractivity contribution in [3.63, 3.8) is 0 Å². The third-order valence-electron chi connectivity index (χ3n) is 3.35. The molecule has 0 radical (unpaired) electrons. The van der Waals surface area contributed by atoms with Gasteiger partial charge in [-0.15, -0.1) is 0 Å². The number of rotatable bonds is 4. The van der Waals surface area contributed by atoms with Gasteiger partial charge in [0.25, 0.3) is 11.8 Å². The van der Waals surface area contributed by atoms with Crippen molar-refractivity contribution in [3.8, 4) is 0 Å². The highest BCUT2D eigenvalue weighted by Gasteiger charge is 2.39. The van der Waals surface area contributed by atoms with E-state index in [1.807, 2.05) is 30.3 Å². The lowest BCUT2D eigenvalue weighted by Gasteiger charge is -2.25. The van der Waals surface area contributed by atoms with Crippen LogP contribution in [0.25, 0.3) is 0 Å². The van der Waals surface area contributed by atoms with E-state index in [0.29, 0.717) is 18.3 Å². The molecule has 1 unspecified atom stereocenters. The van der Waals surface area contributed by atoms with Crippen LogP contribution in [0.15, 0.2) is 35.3 Å². The number of nitrogens with zero attached hydrogens (tertiary/aromatic N) is 2. The smallest absolute Gasteiger partial charge is 0.274 e. The minimum absolute atomic E-state index is 0.168. The average molecular weight is 289 g/mol. The van der Waals surface area contributed by atoms with E-state index in [9.17, 15) is 9.59 Å². The molecule has 5 nitrogen and oxygen atoms in total. The molecule has 0 bridgehead atoms. The lowest BCUT2D eigenvalue weighted by molar-refractivity contribution is -0.136. The molecule has 0 spiro atoms. The van der Waals surface area contributed by atoms with E-state index in [4.69, 9.17) is 0 Å². The summed E-state index contributed by atoms with van der Waals surface area (Å²) in [5.74, 6) is 0.274. The van der Waals surface area contributed by atoms with Gasteiger partial charge in [-0.1, -0.05) is 42.1 Å². The van der Waals surface area contributed by atoms with Crippen LogP contribution in [0, 0.1) is 0 Å². The number of fused-ring (bicyclic) bond motifs is 1. The molecule has 2 aliphatic rings. The second kappa shape index (κ2) is 5.76. The van der Waals surface area contributed by atoms with Crippen molar-refractivity contribution in [2.24, 2.45) is 4.99 Å². The third-order valence-corrected chi connectivity index (χ3v) is 4.30. The second-order valence-electron chi connectivity index (χ2n) is 4.69. The minimum Gasteiger partial charge on any atom is -0.298 e. The SMILES string of the molecule is O=C1N=C2SCCN2C(=O)C1NCCc1ccccc1. The van der Waals surface area contributed by atoms with E-state index in [0.717, 1.165) is 12.2 Å². The van der Waals surface area contributed by atoms with Crippen molar-refractivity contribution < 1.29 is 9.59 Å². The predicted molar refractivity (Wildman–Crippen MR) is 78.5 cm³/mol. The summed E-state index contributed by atoms with van der Waals surface area (Å²) in [4.78, 5) is 29.7. The van der Waals surface area contributed by atoms with Crippen LogP contribution in [-0.4, -0.2) is 46.8 Å². The van der Waals surface area contributed by atoms with Gasteiger partial charge in [-0.3, -0.25) is 19.8 Å². The summed E-state index contributed by atoms with van der Waals surface area (Å²) in [6.45, 7) is 1.23. The Bertz CT molecular complexity index is 559. The van der Waals surface area contributed by atoms with Gasteiger partial charge in [0, 0.05) is 18.8 Å². The molecular weight excluding hydrogens is 274 g/mol.